The first-order chi connectivity index (χ1) is 10.4. The number of benzene rings is 1. The molecule has 0 aromatic heterocycles. The van der Waals surface area contributed by atoms with Crippen LogP contribution in [0.1, 0.15) is 42.1 Å². The summed E-state index contributed by atoms with van der Waals surface area (Å²) in [4.78, 5) is 12.4. The molecule has 1 unspecified atom stereocenters. The summed E-state index contributed by atoms with van der Waals surface area (Å²) in [6.07, 6.45) is 4.55. The first kappa shape index (κ1) is 16.5. The molecule has 0 amide bonds. The van der Waals surface area contributed by atoms with Crippen LogP contribution in [0.15, 0.2) is 47.7 Å². The van der Waals surface area contributed by atoms with Gasteiger partial charge in [0.15, 0.2) is 11.6 Å². The molecule has 1 aromatic carbocycles. The van der Waals surface area contributed by atoms with Gasteiger partial charge >= 0.3 is 0 Å². The lowest BCUT2D eigenvalue weighted by Crippen LogP contribution is -2.33. The number of aliphatic hydroxyl groups excluding tert-OH is 1. The van der Waals surface area contributed by atoms with E-state index in [0.29, 0.717) is 12.2 Å². The number of hydrogen-bond donors (Lipinski definition) is 2. The van der Waals surface area contributed by atoms with Crippen LogP contribution in [-0.4, -0.2) is 28.4 Å². The summed E-state index contributed by atoms with van der Waals surface area (Å²) in [7, 11) is 0. The van der Waals surface area contributed by atoms with Gasteiger partial charge in [0.25, 0.3) is 0 Å². The van der Waals surface area contributed by atoms with Crippen LogP contribution in [0.3, 0.4) is 0 Å². The van der Waals surface area contributed by atoms with E-state index in [1.807, 2.05) is 26.0 Å². The second-order valence-corrected chi connectivity index (χ2v) is 5.61. The predicted octanol–water partition coefficient (Wildman–Crippen LogP) is 3.46. The smallest absolute Gasteiger partial charge is 0.196 e. The van der Waals surface area contributed by atoms with Crippen LogP contribution in [0.2, 0.25) is 0 Å². The van der Waals surface area contributed by atoms with Crippen LogP contribution in [0.25, 0.3) is 0 Å². The fourth-order valence-corrected chi connectivity index (χ4v) is 2.26. The van der Waals surface area contributed by atoms with Gasteiger partial charge in [-0.05, 0) is 25.5 Å². The van der Waals surface area contributed by atoms with Gasteiger partial charge in [-0.1, -0.05) is 43.2 Å². The number of unbranched alkanes of at least 4 members (excludes halogenated alkanes) is 1. The minimum atomic E-state index is -1.53. The molecule has 0 radical (unpaired) electrons. The summed E-state index contributed by atoms with van der Waals surface area (Å²) in [5, 5.41) is 20.4. The Morgan fingerprint density at radius 1 is 1.32 bits per heavy atom. The molecule has 1 aliphatic rings. The standard InChI is InChI=1S/C18H22O4/c1-3-4-11-22-18(21)10-9-15(16(19)12-18)17(20)14-7-5-13(2)6-8-14/h5-10,19,21H,3-4,11-12H2,1-2H3. The van der Waals surface area contributed by atoms with Crippen molar-refractivity contribution in [3.05, 3.63) is 58.9 Å². The third-order valence-electron chi connectivity index (χ3n) is 3.65. The summed E-state index contributed by atoms with van der Waals surface area (Å²) in [6.45, 7) is 4.38. The minimum absolute atomic E-state index is 0.111. The monoisotopic (exact) mass is 302 g/mol. The number of aryl methyl sites for hydroxylation is 1. The van der Waals surface area contributed by atoms with Gasteiger partial charge < -0.3 is 14.9 Å². The van der Waals surface area contributed by atoms with Crippen molar-refractivity contribution in [2.75, 3.05) is 6.61 Å². The van der Waals surface area contributed by atoms with Crippen LogP contribution in [-0.2, 0) is 4.74 Å². The van der Waals surface area contributed by atoms with E-state index < -0.39 is 5.79 Å². The van der Waals surface area contributed by atoms with Crippen LogP contribution in [0.5, 0.6) is 0 Å². The number of rotatable bonds is 6. The molecule has 2 N–H and O–H groups in total. The van der Waals surface area contributed by atoms with Gasteiger partial charge in [0.2, 0.25) is 0 Å². The molecule has 0 heterocycles. The zero-order valence-corrected chi connectivity index (χ0v) is 13.0. The van der Waals surface area contributed by atoms with E-state index in [1.54, 1.807) is 12.1 Å². The molecule has 0 saturated heterocycles. The summed E-state index contributed by atoms with van der Waals surface area (Å²) >= 11 is 0. The van der Waals surface area contributed by atoms with E-state index in [0.717, 1.165) is 18.4 Å². The highest BCUT2D eigenvalue weighted by Crippen LogP contribution is 2.28. The van der Waals surface area contributed by atoms with Gasteiger partial charge in [0.05, 0.1) is 18.6 Å². The third kappa shape index (κ3) is 3.84. The molecule has 22 heavy (non-hydrogen) atoms. The predicted molar refractivity (Wildman–Crippen MR) is 84.7 cm³/mol. The minimum Gasteiger partial charge on any atom is -0.511 e. The number of hydrogen-bond acceptors (Lipinski definition) is 4. The fraction of sp³-hybridized carbons (Fsp3) is 0.389. The third-order valence-corrected chi connectivity index (χ3v) is 3.65. The van der Waals surface area contributed by atoms with Crippen molar-refractivity contribution < 1.29 is 19.7 Å². The van der Waals surface area contributed by atoms with Gasteiger partial charge in [-0.3, -0.25) is 4.79 Å². The fourth-order valence-electron chi connectivity index (χ4n) is 2.26. The SMILES string of the molecule is CCCCOC1(O)C=CC(C(=O)c2ccc(C)cc2)=C(O)C1. The van der Waals surface area contributed by atoms with Crippen LogP contribution < -0.4 is 0 Å². The number of ether oxygens (including phenoxy) is 1. The van der Waals surface area contributed by atoms with E-state index >= 15 is 0 Å². The second kappa shape index (κ2) is 6.90. The average molecular weight is 302 g/mol. The number of Topliss-reactive ketones (excluding diaryl/α,β-unsaturated/α-hetero) is 1. The molecule has 0 bridgehead atoms. The van der Waals surface area contributed by atoms with Gasteiger partial charge in [-0.2, -0.15) is 0 Å². The molecular weight excluding hydrogens is 280 g/mol. The van der Waals surface area contributed by atoms with Crippen molar-refractivity contribution in [3.63, 3.8) is 0 Å². The van der Waals surface area contributed by atoms with E-state index in [4.69, 9.17) is 4.74 Å². The normalized spacial score (nSPS) is 21.2. The summed E-state index contributed by atoms with van der Waals surface area (Å²) in [5.41, 5.74) is 1.77. The van der Waals surface area contributed by atoms with Gasteiger partial charge in [0.1, 0.15) is 5.76 Å². The molecule has 0 fully saturated rings. The molecule has 4 heteroatoms. The van der Waals surface area contributed by atoms with E-state index in [9.17, 15) is 15.0 Å². The Balaban J connectivity index is 2.12. The number of ketones is 1. The summed E-state index contributed by atoms with van der Waals surface area (Å²) in [6, 6.07) is 7.15. The Kier molecular flexibility index (Phi) is 5.16. The number of carbonyl (C=O) groups excluding carboxylic acids is 1. The highest BCUT2D eigenvalue weighted by atomic mass is 16.6. The summed E-state index contributed by atoms with van der Waals surface area (Å²) < 4.78 is 5.39. The first-order valence-corrected chi connectivity index (χ1v) is 7.54. The van der Waals surface area contributed by atoms with E-state index in [2.05, 4.69) is 0 Å². The quantitative estimate of drug-likeness (QED) is 0.480. The number of carbonyl (C=O) groups is 1. The lowest BCUT2D eigenvalue weighted by molar-refractivity contribution is -0.170. The molecule has 4 nitrogen and oxygen atoms in total. The highest BCUT2D eigenvalue weighted by Gasteiger charge is 2.32. The van der Waals surface area contributed by atoms with Crippen molar-refractivity contribution in [1.29, 1.82) is 0 Å². The summed E-state index contributed by atoms with van der Waals surface area (Å²) in [5.74, 6) is -1.94. The molecule has 0 saturated carbocycles. The Morgan fingerprint density at radius 3 is 2.59 bits per heavy atom. The Labute approximate surface area is 130 Å². The molecular formula is C18H22O4. The maximum Gasteiger partial charge on any atom is 0.196 e. The van der Waals surface area contributed by atoms with E-state index in [1.165, 1.54) is 12.2 Å². The molecule has 0 aliphatic heterocycles. The molecule has 1 aromatic rings. The van der Waals surface area contributed by atoms with Crippen LogP contribution >= 0.6 is 0 Å². The first-order valence-electron chi connectivity index (χ1n) is 7.54. The molecule has 2 rings (SSSR count). The van der Waals surface area contributed by atoms with Crippen LogP contribution in [0, 0.1) is 6.92 Å². The number of allylic oxidation sites excluding steroid dienone is 2. The average Bonchev–Trinajstić information content (AvgIpc) is 2.47. The van der Waals surface area contributed by atoms with Crippen molar-refractivity contribution >= 4 is 5.78 Å². The van der Waals surface area contributed by atoms with E-state index in [-0.39, 0.29) is 23.5 Å². The topological polar surface area (TPSA) is 66.8 Å². The molecule has 0 spiro atoms. The zero-order chi connectivity index (χ0) is 16.2. The van der Waals surface area contributed by atoms with Gasteiger partial charge in [-0.15, -0.1) is 0 Å². The maximum atomic E-state index is 12.4. The lowest BCUT2D eigenvalue weighted by atomic mass is 9.93. The van der Waals surface area contributed by atoms with Crippen molar-refractivity contribution in [1.82, 2.24) is 0 Å². The largest absolute Gasteiger partial charge is 0.511 e. The van der Waals surface area contributed by atoms with Crippen molar-refractivity contribution in [2.45, 2.75) is 38.9 Å². The van der Waals surface area contributed by atoms with Gasteiger partial charge in [-0.25, -0.2) is 0 Å². The zero-order valence-electron chi connectivity index (χ0n) is 13.0. The molecule has 1 aliphatic carbocycles. The maximum absolute atomic E-state index is 12.4. The molecule has 118 valence electrons. The highest BCUT2D eigenvalue weighted by molar-refractivity contribution is 6.11. The van der Waals surface area contributed by atoms with Crippen molar-refractivity contribution in [3.8, 4) is 0 Å². The Morgan fingerprint density at radius 2 is 2.00 bits per heavy atom. The van der Waals surface area contributed by atoms with Gasteiger partial charge in [0, 0.05) is 5.56 Å². The Bertz CT molecular complexity index is 598. The van der Waals surface area contributed by atoms with Crippen molar-refractivity contribution in [2.24, 2.45) is 0 Å². The Hall–Kier alpha value is -1.91. The molecule has 1 atom stereocenters. The second-order valence-electron chi connectivity index (χ2n) is 5.61. The lowest BCUT2D eigenvalue weighted by Gasteiger charge is -2.28. The van der Waals surface area contributed by atoms with Crippen LogP contribution in [0.4, 0.5) is 0 Å². The number of aliphatic hydroxyl groups is 2.